The fourth-order valence-electron chi connectivity index (χ4n) is 6.12. The largest absolute Gasteiger partial charge is 0.426 e. The maximum absolute atomic E-state index is 12.8. The van der Waals surface area contributed by atoms with Gasteiger partial charge in [0.2, 0.25) is 0 Å². The van der Waals surface area contributed by atoms with Crippen LogP contribution in [0, 0.1) is 0 Å². The minimum atomic E-state index is -0.802. The molecule has 0 radical (unpaired) electrons. The van der Waals surface area contributed by atoms with Crippen LogP contribution >= 0.6 is 0 Å². The van der Waals surface area contributed by atoms with Crippen molar-refractivity contribution in [3.63, 3.8) is 0 Å². The van der Waals surface area contributed by atoms with Gasteiger partial charge in [-0.15, -0.1) is 0 Å². The minimum Gasteiger partial charge on any atom is -0.426 e. The van der Waals surface area contributed by atoms with Gasteiger partial charge in [0.1, 0.15) is 16.9 Å². The molecule has 7 nitrogen and oxygen atoms in total. The van der Waals surface area contributed by atoms with E-state index >= 15 is 0 Å². The van der Waals surface area contributed by atoms with E-state index in [4.69, 9.17) is 13.6 Å². The van der Waals surface area contributed by atoms with Gasteiger partial charge in [-0.25, -0.2) is 9.59 Å². The third kappa shape index (κ3) is 4.45. The molecule has 2 aromatic carbocycles. The number of carbonyl (C=O) groups is 1. The molecule has 0 saturated heterocycles. The highest BCUT2D eigenvalue weighted by Gasteiger charge is 2.24. The Kier molecular flexibility index (Phi) is 6.62. The van der Waals surface area contributed by atoms with E-state index in [2.05, 4.69) is 0 Å². The lowest BCUT2D eigenvalue weighted by Gasteiger charge is -2.20. The second kappa shape index (κ2) is 10.2. The van der Waals surface area contributed by atoms with Crippen LogP contribution in [0.15, 0.2) is 54.8 Å². The average Bonchev–Trinajstić information content (AvgIpc) is 2.93. The molecule has 2 aromatic heterocycles. The molecule has 2 aliphatic rings. The van der Waals surface area contributed by atoms with E-state index in [0.717, 1.165) is 66.2 Å². The predicted octanol–water partition coefficient (Wildman–Crippen LogP) is 5.47. The van der Waals surface area contributed by atoms with Crippen molar-refractivity contribution in [3.05, 3.63) is 85.1 Å². The fourth-order valence-corrected chi connectivity index (χ4v) is 6.12. The van der Waals surface area contributed by atoms with Gasteiger partial charge >= 0.3 is 17.2 Å². The monoisotopic (exact) mass is 514 g/mol. The van der Waals surface area contributed by atoms with Gasteiger partial charge < -0.3 is 18.7 Å². The number of aryl methyl sites for hydroxylation is 2. The van der Waals surface area contributed by atoms with E-state index in [1.807, 2.05) is 6.07 Å². The summed E-state index contributed by atoms with van der Waals surface area (Å²) in [6, 6.07) is 10.6. The van der Waals surface area contributed by atoms with Gasteiger partial charge in [0, 0.05) is 22.9 Å². The molecule has 0 aliphatic heterocycles. The molecule has 1 unspecified atom stereocenters. The molecule has 2 heterocycles. The average molecular weight is 515 g/mol. The maximum atomic E-state index is 12.8. The first-order valence-electron chi connectivity index (χ1n) is 13.5. The summed E-state index contributed by atoms with van der Waals surface area (Å²) >= 11 is 0. The molecule has 1 N–H and O–H groups in total. The summed E-state index contributed by atoms with van der Waals surface area (Å²) in [5, 5.41) is 12.6. The van der Waals surface area contributed by atoms with Crippen molar-refractivity contribution in [3.8, 4) is 5.75 Å². The third-order valence-electron chi connectivity index (χ3n) is 7.93. The molecule has 7 heteroatoms. The summed E-state index contributed by atoms with van der Waals surface area (Å²) in [4.78, 5) is 37.6. The van der Waals surface area contributed by atoms with Crippen LogP contribution in [0.2, 0.25) is 0 Å². The number of carbonyl (C=O) groups excluding carboxylic acids is 1. The van der Waals surface area contributed by atoms with Crippen molar-refractivity contribution in [2.75, 3.05) is 0 Å². The first-order valence-corrected chi connectivity index (χ1v) is 13.5. The van der Waals surface area contributed by atoms with Gasteiger partial charge in [-0.05, 0) is 99.1 Å². The third-order valence-corrected chi connectivity index (χ3v) is 7.93. The van der Waals surface area contributed by atoms with Gasteiger partial charge in [0.25, 0.3) is 0 Å². The Bertz CT molecular complexity index is 1660. The number of hydrogen-bond donors (Lipinski definition) is 1. The van der Waals surface area contributed by atoms with E-state index in [9.17, 15) is 19.5 Å². The van der Waals surface area contributed by atoms with E-state index in [-0.39, 0.29) is 17.7 Å². The number of hydrogen-bond acceptors (Lipinski definition) is 7. The lowest BCUT2D eigenvalue weighted by molar-refractivity contribution is -0.134. The van der Waals surface area contributed by atoms with E-state index in [1.54, 1.807) is 30.3 Å². The van der Waals surface area contributed by atoms with Crippen LogP contribution < -0.4 is 16.0 Å². The highest BCUT2D eigenvalue weighted by Crippen LogP contribution is 2.35. The number of esters is 1. The molecule has 0 saturated carbocycles. The van der Waals surface area contributed by atoms with Crippen molar-refractivity contribution in [1.29, 1.82) is 0 Å². The molecule has 6 rings (SSSR count). The normalized spacial score (nSPS) is 15.7. The molecule has 0 bridgehead atoms. The van der Waals surface area contributed by atoms with Crippen molar-refractivity contribution in [2.45, 2.75) is 76.7 Å². The van der Waals surface area contributed by atoms with Gasteiger partial charge in [-0.1, -0.05) is 18.2 Å². The standard InChI is InChI=1S/C31H30O7/c32-23(22-12-5-14-24-28(22)18-8-1-3-10-20(18)30(34)37-24)13-6-17-27(33)36-25-15-7-16-26-29(25)19-9-2-4-11-21(19)31(35)38-26/h5,7,12,14-16,23,32H,1-4,6,8-11,13,17H2. The van der Waals surface area contributed by atoms with Gasteiger partial charge in [0.15, 0.2) is 0 Å². The number of aliphatic hydroxyl groups is 1. The lowest BCUT2D eigenvalue weighted by Crippen LogP contribution is -2.17. The number of ether oxygens (including phenoxy) is 1. The molecule has 4 aromatic rings. The number of fused-ring (bicyclic) bond motifs is 6. The molecular formula is C31H30O7. The Balaban J connectivity index is 1.18. The molecule has 2 aliphatic carbocycles. The summed E-state index contributed by atoms with van der Waals surface area (Å²) in [6.07, 6.45) is 6.92. The Labute approximate surface area is 219 Å². The topological polar surface area (TPSA) is 107 Å². The maximum Gasteiger partial charge on any atom is 0.339 e. The molecule has 0 fully saturated rings. The van der Waals surface area contributed by atoms with E-state index in [0.29, 0.717) is 53.5 Å². The summed E-state index contributed by atoms with van der Waals surface area (Å²) in [7, 11) is 0. The predicted molar refractivity (Wildman–Crippen MR) is 143 cm³/mol. The van der Waals surface area contributed by atoms with Crippen LogP contribution in [0.3, 0.4) is 0 Å². The second-order valence-corrected chi connectivity index (χ2v) is 10.3. The van der Waals surface area contributed by atoms with Crippen LogP contribution in [0.5, 0.6) is 5.75 Å². The Morgan fingerprint density at radius 2 is 1.34 bits per heavy atom. The zero-order valence-electron chi connectivity index (χ0n) is 21.2. The molecular weight excluding hydrogens is 484 g/mol. The second-order valence-electron chi connectivity index (χ2n) is 10.3. The first-order chi connectivity index (χ1) is 18.5. The van der Waals surface area contributed by atoms with Crippen LogP contribution in [0.4, 0.5) is 0 Å². The Morgan fingerprint density at radius 1 is 0.789 bits per heavy atom. The van der Waals surface area contributed by atoms with Crippen molar-refractivity contribution in [1.82, 2.24) is 0 Å². The number of aliphatic hydroxyl groups excluding tert-OH is 1. The Hall–Kier alpha value is -3.71. The minimum absolute atomic E-state index is 0.129. The van der Waals surface area contributed by atoms with E-state index < -0.39 is 12.1 Å². The SMILES string of the molecule is O=C(CCCC(O)c1cccc2oc(=O)c3c(c12)CCCC3)Oc1cccc2oc(=O)c3c(c12)CCCC3. The fraction of sp³-hybridized carbons (Fsp3) is 0.387. The molecule has 0 spiro atoms. The van der Waals surface area contributed by atoms with E-state index in [1.165, 1.54) is 0 Å². The smallest absolute Gasteiger partial charge is 0.339 e. The van der Waals surface area contributed by atoms with Crippen molar-refractivity contribution < 1.29 is 23.5 Å². The van der Waals surface area contributed by atoms with Crippen LogP contribution in [0.25, 0.3) is 21.9 Å². The zero-order valence-corrected chi connectivity index (χ0v) is 21.2. The zero-order chi connectivity index (χ0) is 26.2. The summed E-state index contributed by atoms with van der Waals surface area (Å²) in [6.45, 7) is 0. The highest BCUT2D eigenvalue weighted by molar-refractivity contribution is 5.90. The van der Waals surface area contributed by atoms with Gasteiger partial charge in [0.05, 0.1) is 11.5 Å². The van der Waals surface area contributed by atoms with Crippen LogP contribution in [-0.4, -0.2) is 11.1 Å². The summed E-state index contributed by atoms with van der Waals surface area (Å²) < 4.78 is 16.8. The Morgan fingerprint density at radius 3 is 2.00 bits per heavy atom. The van der Waals surface area contributed by atoms with Gasteiger partial charge in [-0.3, -0.25) is 4.79 Å². The van der Waals surface area contributed by atoms with Crippen LogP contribution in [-0.2, 0) is 30.5 Å². The number of benzene rings is 2. The number of rotatable bonds is 6. The van der Waals surface area contributed by atoms with Crippen molar-refractivity contribution in [2.24, 2.45) is 0 Å². The van der Waals surface area contributed by atoms with Crippen molar-refractivity contribution >= 4 is 27.9 Å². The van der Waals surface area contributed by atoms with Gasteiger partial charge in [-0.2, -0.15) is 0 Å². The molecule has 196 valence electrons. The quantitative estimate of drug-likeness (QED) is 0.207. The van der Waals surface area contributed by atoms with Crippen LogP contribution in [0.1, 0.15) is 78.9 Å². The highest BCUT2D eigenvalue weighted by atomic mass is 16.5. The molecule has 1 atom stereocenters. The summed E-state index contributed by atoms with van der Waals surface area (Å²) in [5.74, 6) is 0.00686. The first kappa shape index (κ1) is 24.6. The molecule has 0 amide bonds. The lowest BCUT2D eigenvalue weighted by atomic mass is 9.87. The summed E-state index contributed by atoms with van der Waals surface area (Å²) in [5.41, 5.74) is 4.39. The molecule has 38 heavy (non-hydrogen) atoms.